The topological polar surface area (TPSA) is 49.4 Å². The number of thiophene rings is 1. The zero-order valence-corrected chi connectivity index (χ0v) is 15.4. The van der Waals surface area contributed by atoms with Crippen molar-refractivity contribution in [1.29, 1.82) is 0 Å². The third-order valence-electron chi connectivity index (χ3n) is 5.31. The molecule has 1 saturated carbocycles. The van der Waals surface area contributed by atoms with Gasteiger partial charge in [-0.1, -0.05) is 25.7 Å². The molecule has 132 valence electrons. The van der Waals surface area contributed by atoms with Crippen LogP contribution in [0.5, 0.6) is 0 Å². The second-order valence-electron chi connectivity index (χ2n) is 7.17. The molecule has 1 aliphatic heterocycles. The SMILES string of the molecule is CC(=O)c1ccc(C(=O)NC2CCCN(C3CCCCCC3)C2)s1. The fourth-order valence-corrected chi connectivity index (χ4v) is 4.79. The van der Waals surface area contributed by atoms with Crippen LogP contribution in [0.4, 0.5) is 0 Å². The van der Waals surface area contributed by atoms with Crippen molar-refractivity contribution in [2.45, 2.75) is 70.4 Å². The highest BCUT2D eigenvalue weighted by Crippen LogP contribution is 2.25. The summed E-state index contributed by atoms with van der Waals surface area (Å²) in [6.45, 7) is 3.69. The van der Waals surface area contributed by atoms with Crippen LogP contribution in [0.1, 0.15) is 77.6 Å². The Labute approximate surface area is 148 Å². The standard InChI is InChI=1S/C19H28N2O2S/c1-14(22)17-10-11-18(24-17)19(23)20-15-7-6-12-21(13-15)16-8-4-2-3-5-9-16/h10-11,15-16H,2-9,12-13H2,1H3,(H,20,23). The Kier molecular flexibility index (Phi) is 6.06. The Balaban J connectivity index is 1.56. The van der Waals surface area contributed by atoms with E-state index in [1.165, 1.54) is 56.4 Å². The van der Waals surface area contributed by atoms with E-state index in [9.17, 15) is 9.59 Å². The van der Waals surface area contributed by atoms with Gasteiger partial charge in [0.25, 0.3) is 5.91 Å². The zero-order chi connectivity index (χ0) is 16.9. The predicted molar refractivity (Wildman–Crippen MR) is 97.9 cm³/mol. The van der Waals surface area contributed by atoms with E-state index >= 15 is 0 Å². The summed E-state index contributed by atoms with van der Waals surface area (Å²) in [6.07, 6.45) is 10.3. The lowest BCUT2D eigenvalue weighted by molar-refractivity contribution is 0.0864. The van der Waals surface area contributed by atoms with Gasteiger partial charge in [0.2, 0.25) is 0 Å². The third-order valence-corrected chi connectivity index (χ3v) is 6.49. The number of nitrogens with zero attached hydrogens (tertiary/aromatic N) is 1. The van der Waals surface area contributed by atoms with Crippen LogP contribution in [0.2, 0.25) is 0 Å². The van der Waals surface area contributed by atoms with Gasteiger partial charge in [-0.3, -0.25) is 14.5 Å². The van der Waals surface area contributed by atoms with Gasteiger partial charge in [0.15, 0.2) is 5.78 Å². The Morgan fingerprint density at radius 2 is 1.75 bits per heavy atom. The molecule has 3 rings (SSSR count). The van der Waals surface area contributed by atoms with Crippen LogP contribution in [0.25, 0.3) is 0 Å². The summed E-state index contributed by atoms with van der Waals surface area (Å²) in [5, 5.41) is 3.19. The average molecular weight is 349 g/mol. The average Bonchev–Trinajstić information content (AvgIpc) is 2.92. The van der Waals surface area contributed by atoms with Gasteiger partial charge in [0.1, 0.15) is 0 Å². The summed E-state index contributed by atoms with van der Waals surface area (Å²) < 4.78 is 0. The summed E-state index contributed by atoms with van der Waals surface area (Å²) in [7, 11) is 0. The molecule has 2 fully saturated rings. The number of piperidine rings is 1. The Bertz CT molecular complexity index is 576. The van der Waals surface area contributed by atoms with Crippen molar-refractivity contribution in [1.82, 2.24) is 10.2 Å². The number of nitrogens with one attached hydrogen (secondary N) is 1. The molecule has 0 aromatic carbocycles. The molecule has 5 heteroatoms. The maximum atomic E-state index is 12.5. The number of Topliss-reactive ketones (excluding diaryl/α,β-unsaturated/α-hetero) is 1. The summed E-state index contributed by atoms with van der Waals surface area (Å²) in [4.78, 5) is 27.8. The summed E-state index contributed by atoms with van der Waals surface area (Å²) in [5.41, 5.74) is 0. The van der Waals surface area contributed by atoms with Crippen molar-refractivity contribution in [3.8, 4) is 0 Å². The first-order valence-electron chi connectivity index (χ1n) is 9.29. The van der Waals surface area contributed by atoms with Crippen molar-refractivity contribution >= 4 is 23.0 Å². The molecule has 1 aromatic heterocycles. The van der Waals surface area contributed by atoms with Crippen LogP contribution in [0.15, 0.2) is 12.1 Å². The third kappa shape index (κ3) is 4.45. The molecule has 1 amide bonds. The van der Waals surface area contributed by atoms with Gasteiger partial charge in [-0.05, 0) is 51.3 Å². The van der Waals surface area contributed by atoms with Gasteiger partial charge < -0.3 is 5.32 Å². The van der Waals surface area contributed by atoms with Crippen molar-refractivity contribution in [3.63, 3.8) is 0 Å². The molecule has 1 saturated heterocycles. The first-order valence-corrected chi connectivity index (χ1v) is 10.1. The number of hydrogen-bond donors (Lipinski definition) is 1. The highest BCUT2D eigenvalue weighted by atomic mass is 32.1. The largest absolute Gasteiger partial charge is 0.347 e. The normalized spacial score (nSPS) is 23.6. The number of carbonyl (C=O) groups is 2. The van der Waals surface area contributed by atoms with Gasteiger partial charge in [0.05, 0.1) is 9.75 Å². The number of amides is 1. The van der Waals surface area contributed by atoms with Crippen LogP contribution in [-0.4, -0.2) is 41.8 Å². The zero-order valence-electron chi connectivity index (χ0n) is 14.6. The highest BCUT2D eigenvalue weighted by molar-refractivity contribution is 7.15. The minimum atomic E-state index is -0.0276. The molecule has 1 unspecified atom stereocenters. The lowest BCUT2D eigenvalue weighted by Gasteiger charge is -2.38. The number of rotatable bonds is 4. The molecule has 0 spiro atoms. The maximum absolute atomic E-state index is 12.5. The molecule has 0 radical (unpaired) electrons. The van der Waals surface area contributed by atoms with Gasteiger partial charge in [-0.15, -0.1) is 11.3 Å². The molecule has 0 bridgehead atoms. The first-order chi connectivity index (χ1) is 11.6. The fourth-order valence-electron chi connectivity index (χ4n) is 3.98. The molecule has 1 N–H and O–H groups in total. The number of carbonyl (C=O) groups excluding carboxylic acids is 2. The van der Waals surface area contributed by atoms with E-state index in [0.29, 0.717) is 15.8 Å². The number of ketones is 1. The van der Waals surface area contributed by atoms with E-state index in [1.54, 1.807) is 19.1 Å². The Morgan fingerprint density at radius 1 is 1.04 bits per heavy atom. The summed E-state index contributed by atoms with van der Waals surface area (Å²) in [5.74, 6) is -0.00327. The molecule has 2 aliphatic rings. The van der Waals surface area contributed by atoms with E-state index in [0.717, 1.165) is 19.4 Å². The number of hydrogen-bond acceptors (Lipinski definition) is 4. The fraction of sp³-hybridized carbons (Fsp3) is 0.684. The molecule has 1 aromatic rings. The highest BCUT2D eigenvalue weighted by Gasteiger charge is 2.27. The van der Waals surface area contributed by atoms with Crippen LogP contribution in [0, 0.1) is 0 Å². The van der Waals surface area contributed by atoms with Crippen molar-refractivity contribution in [3.05, 3.63) is 21.9 Å². The van der Waals surface area contributed by atoms with Crippen molar-refractivity contribution in [2.24, 2.45) is 0 Å². The van der Waals surface area contributed by atoms with E-state index in [-0.39, 0.29) is 17.7 Å². The minimum Gasteiger partial charge on any atom is -0.347 e. The molecular weight excluding hydrogens is 320 g/mol. The molecule has 1 aliphatic carbocycles. The van der Waals surface area contributed by atoms with E-state index < -0.39 is 0 Å². The van der Waals surface area contributed by atoms with Crippen LogP contribution < -0.4 is 5.32 Å². The summed E-state index contributed by atoms with van der Waals surface area (Å²) >= 11 is 1.29. The van der Waals surface area contributed by atoms with Gasteiger partial charge in [0, 0.05) is 18.6 Å². The van der Waals surface area contributed by atoms with Crippen LogP contribution in [0.3, 0.4) is 0 Å². The van der Waals surface area contributed by atoms with Gasteiger partial charge >= 0.3 is 0 Å². The molecule has 1 atom stereocenters. The van der Waals surface area contributed by atoms with Crippen LogP contribution in [-0.2, 0) is 0 Å². The number of likely N-dealkylation sites (tertiary alicyclic amines) is 1. The van der Waals surface area contributed by atoms with E-state index in [2.05, 4.69) is 10.2 Å². The smallest absolute Gasteiger partial charge is 0.261 e. The first kappa shape index (κ1) is 17.6. The van der Waals surface area contributed by atoms with Gasteiger partial charge in [-0.2, -0.15) is 0 Å². The Hall–Kier alpha value is -1.20. The maximum Gasteiger partial charge on any atom is 0.261 e. The Morgan fingerprint density at radius 3 is 2.42 bits per heavy atom. The van der Waals surface area contributed by atoms with Crippen molar-refractivity contribution < 1.29 is 9.59 Å². The molecule has 4 nitrogen and oxygen atoms in total. The van der Waals surface area contributed by atoms with Crippen molar-refractivity contribution in [2.75, 3.05) is 13.1 Å². The molecular formula is C19H28N2O2S. The van der Waals surface area contributed by atoms with E-state index in [4.69, 9.17) is 0 Å². The van der Waals surface area contributed by atoms with Gasteiger partial charge in [-0.25, -0.2) is 0 Å². The lowest BCUT2D eigenvalue weighted by Crippen LogP contribution is -2.50. The molecule has 2 heterocycles. The lowest BCUT2D eigenvalue weighted by atomic mass is 10.00. The summed E-state index contributed by atoms with van der Waals surface area (Å²) in [6, 6.07) is 4.46. The minimum absolute atomic E-state index is 0.0243. The monoisotopic (exact) mass is 348 g/mol. The second-order valence-corrected chi connectivity index (χ2v) is 8.26. The molecule has 24 heavy (non-hydrogen) atoms. The van der Waals surface area contributed by atoms with E-state index in [1.807, 2.05) is 0 Å². The van der Waals surface area contributed by atoms with Crippen LogP contribution >= 0.6 is 11.3 Å². The quantitative estimate of drug-likeness (QED) is 0.664. The second kappa shape index (κ2) is 8.26. The predicted octanol–water partition coefficient (Wildman–Crippen LogP) is 3.87.